The van der Waals surface area contributed by atoms with Crippen LogP contribution < -0.4 is 15.4 Å². The van der Waals surface area contributed by atoms with Crippen LogP contribution in [0.4, 0.5) is 5.69 Å². The molecule has 1 heterocycles. The standard InChI is InChI=1S/C20H20N2O2S/c1-15(19-12-7-13-25-19)21-14-20(23)22-17-10-5-6-11-18(17)24-16-8-3-2-4-9-16/h2-13,15,21H,14H2,1H3,(H,22,23)/t15-/m1/s1. The summed E-state index contributed by atoms with van der Waals surface area (Å²) in [6, 6.07) is 21.1. The molecule has 0 saturated heterocycles. The van der Waals surface area contributed by atoms with Gasteiger partial charge in [0.2, 0.25) is 5.91 Å². The summed E-state index contributed by atoms with van der Waals surface area (Å²) >= 11 is 1.68. The molecule has 4 nitrogen and oxygen atoms in total. The Balaban J connectivity index is 1.59. The largest absolute Gasteiger partial charge is 0.455 e. The molecule has 0 aliphatic heterocycles. The molecule has 2 aromatic carbocycles. The number of thiophene rings is 1. The number of hydrogen-bond acceptors (Lipinski definition) is 4. The maximum absolute atomic E-state index is 12.3. The van der Waals surface area contributed by atoms with Gasteiger partial charge in [0, 0.05) is 10.9 Å². The Morgan fingerprint density at radius 2 is 1.80 bits per heavy atom. The van der Waals surface area contributed by atoms with Crippen molar-refractivity contribution in [3.8, 4) is 11.5 Å². The molecule has 3 rings (SSSR count). The quantitative estimate of drug-likeness (QED) is 0.640. The molecule has 1 atom stereocenters. The Kier molecular flexibility index (Phi) is 5.82. The van der Waals surface area contributed by atoms with Crippen LogP contribution >= 0.6 is 11.3 Å². The third kappa shape index (κ3) is 4.92. The van der Waals surface area contributed by atoms with Crippen molar-refractivity contribution in [1.29, 1.82) is 0 Å². The normalized spacial score (nSPS) is 11.7. The number of para-hydroxylation sites is 3. The fraction of sp³-hybridized carbons (Fsp3) is 0.150. The van der Waals surface area contributed by atoms with E-state index in [1.54, 1.807) is 11.3 Å². The van der Waals surface area contributed by atoms with Gasteiger partial charge in [-0.05, 0) is 42.6 Å². The summed E-state index contributed by atoms with van der Waals surface area (Å²) in [5.74, 6) is 1.24. The van der Waals surface area contributed by atoms with Crippen LogP contribution in [0, 0.1) is 0 Å². The lowest BCUT2D eigenvalue weighted by Gasteiger charge is -2.14. The fourth-order valence-corrected chi connectivity index (χ4v) is 3.11. The van der Waals surface area contributed by atoms with Gasteiger partial charge in [0.15, 0.2) is 5.75 Å². The van der Waals surface area contributed by atoms with E-state index in [-0.39, 0.29) is 18.5 Å². The Morgan fingerprint density at radius 1 is 1.04 bits per heavy atom. The zero-order chi connectivity index (χ0) is 17.5. The van der Waals surface area contributed by atoms with Crippen LogP contribution in [0.1, 0.15) is 17.8 Å². The molecule has 0 saturated carbocycles. The Morgan fingerprint density at radius 3 is 2.56 bits per heavy atom. The first-order valence-electron chi connectivity index (χ1n) is 8.11. The number of ether oxygens (including phenoxy) is 1. The van der Waals surface area contributed by atoms with Crippen LogP contribution in [-0.2, 0) is 4.79 Å². The molecule has 3 aromatic rings. The van der Waals surface area contributed by atoms with E-state index in [2.05, 4.69) is 16.7 Å². The molecule has 1 amide bonds. The van der Waals surface area contributed by atoms with E-state index in [1.807, 2.05) is 73.0 Å². The number of anilines is 1. The van der Waals surface area contributed by atoms with E-state index < -0.39 is 0 Å². The van der Waals surface area contributed by atoms with E-state index >= 15 is 0 Å². The van der Waals surface area contributed by atoms with Gasteiger partial charge in [0.1, 0.15) is 5.75 Å². The SMILES string of the molecule is C[C@@H](NCC(=O)Nc1ccccc1Oc1ccccc1)c1cccs1. The lowest BCUT2D eigenvalue weighted by atomic mass is 10.2. The summed E-state index contributed by atoms with van der Waals surface area (Å²) < 4.78 is 5.86. The third-order valence-electron chi connectivity index (χ3n) is 3.67. The number of rotatable bonds is 7. The van der Waals surface area contributed by atoms with Crippen LogP contribution in [0.3, 0.4) is 0 Å². The molecule has 0 radical (unpaired) electrons. The van der Waals surface area contributed by atoms with E-state index in [9.17, 15) is 4.79 Å². The van der Waals surface area contributed by atoms with Crippen LogP contribution in [0.25, 0.3) is 0 Å². The average Bonchev–Trinajstić information content (AvgIpc) is 3.17. The van der Waals surface area contributed by atoms with Crippen molar-refractivity contribution < 1.29 is 9.53 Å². The minimum Gasteiger partial charge on any atom is -0.455 e. The van der Waals surface area contributed by atoms with Gasteiger partial charge in [-0.25, -0.2) is 0 Å². The second-order valence-corrected chi connectivity index (χ2v) is 6.56. The van der Waals surface area contributed by atoms with Gasteiger partial charge < -0.3 is 15.4 Å². The third-order valence-corrected chi connectivity index (χ3v) is 4.73. The fourth-order valence-electron chi connectivity index (χ4n) is 2.35. The number of amides is 1. The molecule has 0 fully saturated rings. The molecule has 0 bridgehead atoms. The van der Waals surface area contributed by atoms with Crippen molar-refractivity contribution in [3.05, 3.63) is 77.0 Å². The van der Waals surface area contributed by atoms with E-state index in [0.29, 0.717) is 11.4 Å². The van der Waals surface area contributed by atoms with Gasteiger partial charge in [0.05, 0.1) is 12.2 Å². The molecule has 0 aliphatic carbocycles. The Bertz CT molecular complexity index is 804. The first kappa shape index (κ1) is 17.2. The van der Waals surface area contributed by atoms with E-state index in [0.717, 1.165) is 5.75 Å². The highest BCUT2D eigenvalue weighted by molar-refractivity contribution is 7.10. The molecule has 0 unspecified atom stereocenters. The Labute approximate surface area is 151 Å². The molecular weight excluding hydrogens is 332 g/mol. The summed E-state index contributed by atoms with van der Waals surface area (Å²) in [6.07, 6.45) is 0. The van der Waals surface area contributed by atoms with Gasteiger partial charge in [-0.1, -0.05) is 36.4 Å². The van der Waals surface area contributed by atoms with Crippen molar-refractivity contribution in [2.75, 3.05) is 11.9 Å². The van der Waals surface area contributed by atoms with Gasteiger partial charge in [0.25, 0.3) is 0 Å². The van der Waals surface area contributed by atoms with Gasteiger partial charge in [-0.3, -0.25) is 4.79 Å². The van der Waals surface area contributed by atoms with Crippen LogP contribution in [0.5, 0.6) is 11.5 Å². The Hall–Kier alpha value is -2.63. The molecule has 5 heteroatoms. The van der Waals surface area contributed by atoms with Crippen molar-refractivity contribution in [2.45, 2.75) is 13.0 Å². The second kappa shape index (κ2) is 8.46. The first-order valence-corrected chi connectivity index (χ1v) is 8.99. The van der Waals surface area contributed by atoms with Crippen LogP contribution in [0.15, 0.2) is 72.1 Å². The maximum Gasteiger partial charge on any atom is 0.238 e. The number of carbonyl (C=O) groups is 1. The van der Waals surface area contributed by atoms with Crippen molar-refractivity contribution in [3.63, 3.8) is 0 Å². The number of carbonyl (C=O) groups excluding carboxylic acids is 1. The number of nitrogens with one attached hydrogen (secondary N) is 2. The molecule has 25 heavy (non-hydrogen) atoms. The molecule has 2 N–H and O–H groups in total. The van der Waals surface area contributed by atoms with Crippen LogP contribution in [0.2, 0.25) is 0 Å². The number of hydrogen-bond donors (Lipinski definition) is 2. The smallest absolute Gasteiger partial charge is 0.238 e. The zero-order valence-electron chi connectivity index (χ0n) is 13.9. The lowest BCUT2D eigenvalue weighted by Crippen LogP contribution is -2.29. The topological polar surface area (TPSA) is 50.4 Å². The summed E-state index contributed by atoms with van der Waals surface area (Å²) in [4.78, 5) is 13.5. The molecular formula is C20H20N2O2S. The van der Waals surface area contributed by atoms with Gasteiger partial charge in [-0.15, -0.1) is 11.3 Å². The van der Waals surface area contributed by atoms with Crippen LogP contribution in [-0.4, -0.2) is 12.5 Å². The summed E-state index contributed by atoms with van der Waals surface area (Å²) in [5, 5.41) is 8.17. The van der Waals surface area contributed by atoms with Gasteiger partial charge >= 0.3 is 0 Å². The van der Waals surface area contributed by atoms with Gasteiger partial charge in [-0.2, -0.15) is 0 Å². The highest BCUT2D eigenvalue weighted by Gasteiger charge is 2.11. The zero-order valence-corrected chi connectivity index (χ0v) is 14.8. The van der Waals surface area contributed by atoms with E-state index in [4.69, 9.17) is 4.74 Å². The summed E-state index contributed by atoms with van der Waals surface area (Å²) in [7, 11) is 0. The van der Waals surface area contributed by atoms with Crippen molar-refractivity contribution in [2.24, 2.45) is 0 Å². The maximum atomic E-state index is 12.3. The van der Waals surface area contributed by atoms with Crippen molar-refractivity contribution in [1.82, 2.24) is 5.32 Å². The number of benzene rings is 2. The lowest BCUT2D eigenvalue weighted by molar-refractivity contribution is -0.115. The first-order chi connectivity index (χ1) is 12.2. The van der Waals surface area contributed by atoms with Crippen molar-refractivity contribution >= 4 is 22.9 Å². The summed E-state index contributed by atoms with van der Waals surface area (Å²) in [5.41, 5.74) is 0.655. The van der Waals surface area contributed by atoms with E-state index in [1.165, 1.54) is 4.88 Å². The minimum absolute atomic E-state index is 0.104. The second-order valence-electron chi connectivity index (χ2n) is 5.58. The molecule has 0 spiro atoms. The highest BCUT2D eigenvalue weighted by Crippen LogP contribution is 2.29. The molecule has 0 aliphatic rings. The average molecular weight is 352 g/mol. The predicted octanol–water partition coefficient (Wildman–Crippen LogP) is 4.83. The minimum atomic E-state index is -0.104. The molecule has 128 valence electrons. The molecule has 1 aromatic heterocycles. The highest BCUT2D eigenvalue weighted by atomic mass is 32.1. The summed E-state index contributed by atoms with van der Waals surface area (Å²) in [6.45, 7) is 2.28. The monoisotopic (exact) mass is 352 g/mol. The predicted molar refractivity (Wildman–Crippen MR) is 102 cm³/mol.